The van der Waals surface area contributed by atoms with Gasteiger partial charge in [-0.25, -0.2) is 4.98 Å². The molecule has 166 valence electrons. The molecule has 1 atom stereocenters. The summed E-state index contributed by atoms with van der Waals surface area (Å²) in [6.07, 6.45) is 2.35. The van der Waals surface area contributed by atoms with Crippen LogP contribution < -0.4 is 20.9 Å². The highest BCUT2D eigenvalue weighted by molar-refractivity contribution is 6.05. The minimum absolute atomic E-state index is 0.167. The van der Waals surface area contributed by atoms with Gasteiger partial charge in [-0.1, -0.05) is 12.1 Å². The molecule has 10 nitrogen and oxygen atoms in total. The zero-order valence-electron chi connectivity index (χ0n) is 17.6. The van der Waals surface area contributed by atoms with Gasteiger partial charge in [0.2, 0.25) is 17.8 Å². The van der Waals surface area contributed by atoms with Gasteiger partial charge in [-0.3, -0.25) is 19.7 Å². The molecule has 4 heterocycles. The van der Waals surface area contributed by atoms with Crippen LogP contribution in [0, 0.1) is 0 Å². The summed E-state index contributed by atoms with van der Waals surface area (Å²) in [5, 5.41) is 9.01. The zero-order chi connectivity index (χ0) is 22.1. The number of carbonyl (C=O) groups is 3. The van der Waals surface area contributed by atoms with Crippen LogP contribution in [-0.2, 0) is 22.7 Å². The fourth-order valence-electron chi connectivity index (χ4n) is 4.47. The van der Waals surface area contributed by atoms with E-state index in [4.69, 9.17) is 0 Å². The van der Waals surface area contributed by atoms with Crippen LogP contribution in [0.2, 0.25) is 0 Å². The number of carbonyl (C=O) groups excluding carboxylic acids is 3. The van der Waals surface area contributed by atoms with Crippen LogP contribution in [0.1, 0.15) is 34.3 Å². The molecule has 10 heteroatoms. The van der Waals surface area contributed by atoms with Gasteiger partial charge < -0.3 is 20.4 Å². The summed E-state index contributed by atoms with van der Waals surface area (Å²) < 4.78 is 0. The normalized spacial score (nSPS) is 20.9. The number of anilines is 2. The highest BCUT2D eigenvalue weighted by atomic mass is 16.2. The fourth-order valence-corrected chi connectivity index (χ4v) is 4.47. The van der Waals surface area contributed by atoms with E-state index in [1.807, 2.05) is 18.2 Å². The van der Waals surface area contributed by atoms with Gasteiger partial charge in [-0.05, 0) is 29.7 Å². The minimum Gasteiger partial charge on any atom is -0.366 e. The summed E-state index contributed by atoms with van der Waals surface area (Å²) >= 11 is 0. The molecule has 2 saturated heterocycles. The van der Waals surface area contributed by atoms with Gasteiger partial charge in [0.25, 0.3) is 5.91 Å². The topological polar surface area (TPSA) is 120 Å². The Hall–Kier alpha value is -3.53. The van der Waals surface area contributed by atoms with Gasteiger partial charge in [-0.2, -0.15) is 4.98 Å². The summed E-state index contributed by atoms with van der Waals surface area (Å²) in [5.41, 5.74) is 2.50. The first kappa shape index (κ1) is 20.4. The third-order valence-electron chi connectivity index (χ3n) is 6.18. The van der Waals surface area contributed by atoms with Crippen molar-refractivity contribution in [3.63, 3.8) is 0 Å². The van der Waals surface area contributed by atoms with E-state index in [2.05, 4.69) is 30.8 Å². The second-order valence-electron chi connectivity index (χ2n) is 8.18. The van der Waals surface area contributed by atoms with Crippen LogP contribution in [0.4, 0.5) is 11.8 Å². The lowest BCUT2D eigenvalue weighted by Gasteiger charge is -2.29. The van der Waals surface area contributed by atoms with Gasteiger partial charge in [0, 0.05) is 57.4 Å². The molecule has 2 fully saturated rings. The van der Waals surface area contributed by atoms with Crippen LogP contribution in [0.25, 0.3) is 0 Å². The van der Waals surface area contributed by atoms with Crippen LogP contribution in [-0.4, -0.2) is 64.8 Å². The van der Waals surface area contributed by atoms with Crippen molar-refractivity contribution in [1.29, 1.82) is 0 Å². The molecule has 3 N–H and O–H groups in total. The van der Waals surface area contributed by atoms with Crippen molar-refractivity contribution in [2.24, 2.45) is 0 Å². The molecule has 0 saturated carbocycles. The Bertz CT molecular complexity index is 1070. The highest BCUT2D eigenvalue weighted by Gasteiger charge is 2.39. The second kappa shape index (κ2) is 8.54. The number of nitrogens with zero attached hydrogens (tertiary/aromatic N) is 4. The van der Waals surface area contributed by atoms with Crippen LogP contribution in [0.3, 0.4) is 0 Å². The van der Waals surface area contributed by atoms with E-state index in [0.29, 0.717) is 31.0 Å². The lowest BCUT2D eigenvalue weighted by atomic mass is 10.0. The van der Waals surface area contributed by atoms with Crippen molar-refractivity contribution in [1.82, 2.24) is 25.5 Å². The average Bonchev–Trinajstić information content (AvgIpc) is 3.15. The molecule has 0 spiro atoms. The Morgan fingerprint density at radius 3 is 2.78 bits per heavy atom. The number of piperazine rings is 1. The molecule has 5 rings (SSSR count). The lowest BCUT2D eigenvalue weighted by Crippen LogP contribution is -2.52. The van der Waals surface area contributed by atoms with Gasteiger partial charge in [0.15, 0.2) is 0 Å². The van der Waals surface area contributed by atoms with E-state index in [0.717, 1.165) is 43.1 Å². The molecular formula is C22H25N7O3. The Labute approximate surface area is 185 Å². The number of hydrogen-bond donors (Lipinski definition) is 3. The van der Waals surface area contributed by atoms with Crippen molar-refractivity contribution in [3.8, 4) is 0 Å². The van der Waals surface area contributed by atoms with Crippen LogP contribution in [0.15, 0.2) is 30.5 Å². The van der Waals surface area contributed by atoms with Gasteiger partial charge >= 0.3 is 0 Å². The summed E-state index contributed by atoms with van der Waals surface area (Å²) in [6.45, 7) is 4.41. The third kappa shape index (κ3) is 3.89. The number of piperidine rings is 1. The number of imide groups is 1. The van der Waals surface area contributed by atoms with Crippen molar-refractivity contribution in [2.45, 2.75) is 32.0 Å². The maximum Gasteiger partial charge on any atom is 0.255 e. The maximum atomic E-state index is 13.0. The van der Waals surface area contributed by atoms with Crippen molar-refractivity contribution in [2.75, 3.05) is 36.4 Å². The number of amides is 3. The molecule has 1 unspecified atom stereocenters. The third-order valence-corrected chi connectivity index (χ3v) is 6.18. The molecule has 0 radical (unpaired) electrons. The average molecular weight is 435 g/mol. The quantitative estimate of drug-likeness (QED) is 0.572. The zero-order valence-corrected chi connectivity index (χ0v) is 17.6. The van der Waals surface area contributed by atoms with Crippen LogP contribution in [0.5, 0.6) is 0 Å². The Balaban J connectivity index is 1.30. The van der Waals surface area contributed by atoms with Gasteiger partial charge in [0.05, 0.1) is 0 Å². The first-order valence-corrected chi connectivity index (χ1v) is 10.9. The summed E-state index contributed by atoms with van der Waals surface area (Å²) in [6, 6.07) is 6.84. The number of aromatic nitrogens is 2. The van der Waals surface area contributed by atoms with Crippen molar-refractivity contribution >= 4 is 29.5 Å². The monoisotopic (exact) mass is 435 g/mol. The van der Waals surface area contributed by atoms with Crippen molar-refractivity contribution < 1.29 is 14.4 Å². The molecule has 1 aromatic heterocycles. The molecule has 3 amide bonds. The molecule has 32 heavy (non-hydrogen) atoms. The summed E-state index contributed by atoms with van der Waals surface area (Å²) in [5.74, 6) is 0.569. The number of hydrogen-bond acceptors (Lipinski definition) is 8. The van der Waals surface area contributed by atoms with E-state index in [1.54, 1.807) is 17.2 Å². The minimum atomic E-state index is -0.614. The predicted octanol–water partition coefficient (Wildman–Crippen LogP) is 0.259. The number of rotatable bonds is 5. The van der Waals surface area contributed by atoms with Gasteiger partial charge in [0.1, 0.15) is 11.9 Å². The Kier molecular flexibility index (Phi) is 5.44. The summed E-state index contributed by atoms with van der Waals surface area (Å²) in [7, 11) is 0. The molecule has 0 aliphatic carbocycles. The molecule has 3 aliphatic rings. The van der Waals surface area contributed by atoms with E-state index in [1.165, 1.54) is 0 Å². The first-order chi connectivity index (χ1) is 15.6. The number of fused-ring (bicyclic) bond motifs is 1. The maximum absolute atomic E-state index is 13.0. The molecule has 3 aliphatic heterocycles. The molecule has 1 aromatic carbocycles. The SMILES string of the molecule is O=C1CCC(N2Cc3c(CNc4ccnc(N5CCNCC5)n4)cccc3C2=O)C(=O)N1. The number of nitrogens with one attached hydrogen (secondary N) is 3. The molecule has 0 bridgehead atoms. The largest absolute Gasteiger partial charge is 0.366 e. The number of benzene rings is 1. The Morgan fingerprint density at radius 2 is 1.97 bits per heavy atom. The van der Waals surface area contributed by atoms with E-state index in [9.17, 15) is 14.4 Å². The van der Waals surface area contributed by atoms with Crippen LogP contribution >= 0.6 is 0 Å². The predicted molar refractivity (Wildman–Crippen MR) is 117 cm³/mol. The molecular weight excluding hydrogens is 410 g/mol. The molecule has 2 aromatic rings. The first-order valence-electron chi connectivity index (χ1n) is 10.9. The fraction of sp³-hybridized carbons (Fsp3) is 0.409. The van der Waals surface area contributed by atoms with E-state index < -0.39 is 11.9 Å². The van der Waals surface area contributed by atoms with E-state index in [-0.39, 0.29) is 18.2 Å². The summed E-state index contributed by atoms with van der Waals surface area (Å²) in [4.78, 5) is 49.5. The highest BCUT2D eigenvalue weighted by Crippen LogP contribution is 2.30. The smallest absolute Gasteiger partial charge is 0.255 e. The van der Waals surface area contributed by atoms with E-state index >= 15 is 0 Å². The Morgan fingerprint density at radius 1 is 1.12 bits per heavy atom. The van der Waals surface area contributed by atoms with Crippen molar-refractivity contribution in [3.05, 3.63) is 47.2 Å². The standard InChI is InChI=1S/C22H25N7O3/c30-19-5-4-17(20(31)27-19)29-13-16-14(2-1-3-15(16)21(29)32)12-25-18-6-7-24-22(26-18)28-10-8-23-9-11-28/h1-3,6-7,17,23H,4-5,8-13H2,(H,24,25,26)(H,27,30,31). The second-order valence-corrected chi connectivity index (χ2v) is 8.18. The lowest BCUT2D eigenvalue weighted by molar-refractivity contribution is -0.136. The van der Waals surface area contributed by atoms with Gasteiger partial charge in [-0.15, -0.1) is 0 Å².